The van der Waals surface area contributed by atoms with E-state index in [0.29, 0.717) is 6.42 Å². The number of nitrogens with zero attached hydrogens (tertiary/aromatic N) is 1. The number of aromatic nitrogens is 1. The molecule has 0 spiro atoms. The molecule has 1 aromatic rings. The molecule has 15 heavy (non-hydrogen) atoms. The Morgan fingerprint density at radius 3 is 2.67 bits per heavy atom. The van der Waals surface area contributed by atoms with Crippen molar-refractivity contribution < 1.29 is 12.6 Å². The monoisotopic (exact) mass is 295 g/mol. The van der Waals surface area contributed by atoms with Crippen molar-refractivity contribution in [2.75, 3.05) is 5.75 Å². The minimum atomic E-state index is -3.55. The minimum absolute atomic E-state index is 0. The second-order valence-electron chi connectivity index (χ2n) is 2.41. The Kier molecular flexibility index (Phi) is 7.95. The summed E-state index contributed by atoms with van der Waals surface area (Å²) in [6, 6.07) is 0. The van der Waals surface area contributed by atoms with E-state index in [1.54, 1.807) is 5.38 Å². The zero-order valence-corrected chi connectivity index (χ0v) is 10.5. The molecule has 82 valence electrons. The van der Waals surface area contributed by atoms with E-state index in [1.807, 2.05) is 0 Å². The summed E-state index contributed by atoms with van der Waals surface area (Å²) in [5, 5.41) is 1.78. The first kappa shape index (κ1) is 16.1. The normalized spacial score (nSPS) is 11.1. The fourth-order valence-corrected chi connectivity index (χ4v) is 2.96. The van der Waals surface area contributed by atoms with Gasteiger partial charge in [-0.05, 0) is 6.42 Å². The molecule has 0 aromatic carbocycles. The van der Waals surface area contributed by atoms with Gasteiger partial charge in [-0.1, -0.05) is 11.3 Å². The van der Waals surface area contributed by atoms with Crippen LogP contribution in [0, 0.1) is 0 Å². The molecular formula is C6H10NNaO3S4. The van der Waals surface area contributed by atoms with E-state index in [1.165, 1.54) is 6.20 Å². The first-order chi connectivity index (χ1) is 6.49. The van der Waals surface area contributed by atoms with Crippen LogP contribution in [0.3, 0.4) is 0 Å². The molecule has 0 aliphatic carbocycles. The molecule has 0 atom stereocenters. The summed E-state index contributed by atoms with van der Waals surface area (Å²) in [5.41, 5.74) is 0. The third-order valence-electron chi connectivity index (χ3n) is 1.23. The Morgan fingerprint density at radius 1 is 1.53 bits per heavy atom. The fraction of sp³-hybridized carbons (Fsp3) is 0.500. The molecule has 4 nitrogen and oxygen atoms in total. The van der Waals surface area contributed by atoms with Crippen LogP contribution < -0.4 is 4.18 Å². The average molecular weight is 295 g/mol. The molecule has 0 aliphatic rings. The molecule has 0 saturated carbocycles. The summed E-state index contributed by atoms with van der Waals surface area (Å²) in [5.74, 6) is -0.107. The van der Waals surface area contributed by atoms with Crippen LogP contribution in [0.2, 0.25) is 0 Å². The summed E-state index contributed by atoms with van der Waals surface area (Å²) < 4.78 is 27.0. The van der Waals surface area contributed by atoms with Crippen LogP contribution in [0.5, 0.6) is 5.19 Å². The van der Waals surface area contributed by atoms with E-state index in [2.05, 4.69) is 30.2 Å². The molecule has 0 amide bonds. The van der Waals surface area contributed by atoms with E-state index in [-0.39, 0.29) is 45.1 Å². The summed E-state index contributed by atoms with van der Waals surface area (Å²) in [4.78, 5) is 3.71. The van der Waals surface area contributed by atoms with Gasteiger partial charge in [0.25, 0.3) is 5.19 Å². The topological polar surface area (TPSA) is 56.3 Å². The molecule has 0 saturated heterocycles. The zero-order valence-electron chi connectivity index (χ0n) is 7.03. The maximum absolute atomic E-state index is 11.3. The van der Waals surface area contributed by atoms with E-state index in [9.17, 15) is 8.42 Å². The molecule has 9 heteroatoms. The third kappa shape index (κ3) is 7.09. The van der Waals surface area contributed by atoms with Crippen LogP contribution in [0.15, 0.2) is 11.6 Å². The van der Waals surface area contributed by atoms with Crippen LogP contribution in [0.1, 0.15) is 6.42 Å². The summed E-state index contributed by atoms with van der Waals surface area (Å²) >= 11 is 9.04. The van der Waals surface area contributed by atoms with E-state index in [0.717, 1.165) is 11.3 Å². The van der Waals surface area contributed by atoms with Crippen molar-refractivity contribution in [3.05, 3.63) is 11.6 Å². The van der Waals surface area contributed by atoms with Crippen LogP contribution in [-0.2, 0) is 10.1 Å². The van der Waals surface area contributed by atoms with Gasteiger partial charge in [-0.3, -0.25) is 0 Å². The number of hydrogen-bond acceptors (Lipinski definition) is 7. The second kappa shape index (κ2) is 7.41. The van der Waals surface area contributed by atoms with Gasteiger partial charge in [-0.2, -0.15) is 33.7 Å². The molecule has 1 aromatic heterocycles. The molecular weight excluding hydrogens is 285 g/mol. The van der Waals surface area contributed by atoms with Crippen molar-refractivity contribution in [1.29, 1.82) is 0 Å². The van der Waals surface area contributed by atoms with E-state index >= 15 is 0 Å². The summed E-state index contributed by atoms with van der Waals surface area (Å²) in [7, 11) is -3.55. The second-order valence-corrected chi connectivity index (χ2v) is 6.61. The quantitative estimate of drug-likeness (QED) is 0.365. The summed E-state index contributed by atoms with van der Waals surface area (Å²) in [6.45, 7) is 0. The van der Waals surface area contributed by atoms with Gasteiger partial charge in [0.15, 0.2) is 0 Å². The van der Waals surface area contributed by atoms with Gasteiger partial charge in [0.2, 0.25) is 0 Å². The first-order valence-corrected chi connectivity index (χ1v) is 7.16. The van der Waals surface area contributed by atoms with E-state index in [4.69, 9.17) is 4.18 Å². The third-order valence-corrected chi connectivity index (χ3v) is 3.65. The molecule has 1 rings (SSSR count). The van der Waals surface area contributed by atoms with Gasteiger partial charge in [-0.25, -0.2) is 4.98 Å². The molecule has 1 heterocycles. The van der Waals surface area contributed by atoms with Crippen LogP contribution >= 0.6 is 36.6 Å². The van der Waals surface area contributed by atoms with Crippen LogP contribution in [0.4, 0.5) is 0 Å². The Bertz CT molecular complexity index is 364. The van der Waals surface area contributed by atoms with Gasteiger partial charge < -0.3 is 4.18 Å². The van der Waals surface area contributed by atoms with Crippen LogP contribution in [0.25, 0.3) is 0 Å². The molecule has 0 N–H and O–H groups in total. The maximum atomic E-state index is 11.3. The number of thiazole rings is 1. The Morgan fingerprint density at radius 2 is 2.20 bits per heavy atom. The molecule has 0 aliphatic heterocycles. The van der Waals surface area contributed by atoms with Gasteiger partial charge in [0.05, 0.1) is 5.75 Å². The van der Waals surface area contributed by atoms with Crippen molar-refractivity contribution >= 4 is 76.3 Å². The van der Waals surface area contributed by atoms with Gasteiger partial charge in [0, 0.05) is 16.2 Å². The van der Waals surface area contributed by atoms with Gasteiger partial charge >= 0.3 is 39.7 Å². The summed E-state index contributed by atoms with van der Waals surface area (Å²) in [6.07, 6.45) is 1.81. The van der Waals surface area contributed by atoms with Crippen molar-refractivity contribution in [3.63, 3.8) is 0 Å². The zero-order chi connectivity index (χ0) is 10.6. The fourth-order valence-electron chi connectivity index (χ4n) is 0.652. The number of hydrogen-bond donors (Lipinski definition) is 2. The van der Waals surface area contributed by atoms with Crippen molar-refractivity contribution in [1.82, 2.24) is 4.98 Å². The van der Waals surface area contributed by atoms with E-state index < -0.39 is 10.1 Å². The molecule has 0 unspecified atom stereocenters. The molecule has 0 fully saturated rings. The Balaban J connectivity index is 0.00000196. The Labute approximate surface area is 126 Å². The van der Waals surface area contributed by atoms with Crippen molar-refractivity contribution in [2.24, 2.45) is 0 Å². The first-order valence-electron chi connectivity index (χ1n) is 3.67. The van der Waals surface area contributed by atoms with Crippen molar-refractivity contribution in [2.45, 2.75) is 11.0 Å². The average Bonchev–Trinajstić information content (AvgIpc) is 2.53. The number of thiol groups is 2. The standard InChI is InChI=1S/C6H9NO3S4.Na.H/c8-14(9,4-1-5(11)12)10-6-7-2-3-13-6;;/h2-3,5,11-12H,1,4H2;;. The van der Waals surface area contributed by atoms with Gasteiger partial charge in [-0.15, -0.1) is 0 Å². The Hall–Kier alpha value is 1.08. The predicted octanol–water partition coefficient (Wildman–Crippen LogP) is 0.779. The predicted molar refractivity (Wildman–Crippen MR) is 70.1 cm³/mol. The van der Waals surface area contributed by atoms with Gasteiger partial charge in [0.1, 0.15) is 0 Å². The molecule has 0 radical (unpaired) electrons. The van der Waals surface area contributed by atoms with Crippen LogP contribution in [-0.4, -0.2) is 53.3 Å². The van der Waals surface area contributed by atoms with Crippen molar-refractivity contribution in [3.8, 4) is 5.19 Å². The molecule has 0 bridgehead atoms. The number of rotatable bonds is 5. The SMILES string of the molecule is O=S(=O)(CCC(S)S)Oc1nccs1.[NaH].